The van der Waals surface area contributed by atoms with Gasteiger partial charge in [0.1, 0.15) is 0 Å². The highest BCUT2D eigenvalue weighted by molar-refractivity contribution is 5.74. The number of carbonyl (C=O) groups excluding carboxylic acids is 1. The lowest BCUT2D eigenvalue weighted by Crippen LogP contribution is -2.46. The number of likely N-dealkylation sites (N-methyl/N-ethyl adjacent to an activating group) is 1. The average Bonchev–Trinajstić information content (AvgIpc) is 2.77. The molecule has 94 valence electrons. The van der Waals surface area contributed by atoms with Crippen molar-refractivity contribution < 1.29 is 14.3 Å². The van der Waals surface area contributed by atoms with Crippen LogP contribution >= 0.6 is 0 Å². The molecule has 0 aliphatic carbocycles. The monoisotopic (exact) mass is 230 g/mol. The Hall–Kier alpha value is -0.810. The average molecular weight is 230 g/mol. The lowest BCUT2D eigenvalue weighted by atomic mass is 10.3. The summed E-state index contributed by atoms with van der Waals surface area (Å²) in [6.07, 6.45) is 0.911. The normalized spacial score (nSPS) is 19.8. The number of hydrogen-bond donors (Lipinski definition) is 1. The van der Waals surface area contributed by atoms with Crippen molar-refractivity contribution in [3.05, 3.63) is 0 Å². The molecule has 0 aromatic carbocycles. The molecule has 1 unspecified atom stereocenters. The van der Waals surface area contributed by atoms with Gasteiger partial charge in [-0.25, -0.2) is 4.79 Å². The summed E-state index contributed by atoms with van der Waals surface area (Å²) in [5.74, 6) is 0. The summed E-state index contributed by atoms with van der Waals surface area (Å²) in [5.41, 5.74) is 0. The van der Waals surface area contributed by atoms with Crippen LogP contribution in [0.25, 0.3) is 0 Å². The first-order chi connectivity index (χ1) is 7.77. The maximum atomic E-state index is 11.8. The van der Waals surface area contributed by atoms with Crippen LogP contribution in [0.15, 0.2) is 0 Å². The van der Waals surface area contributed by atoms with E-state index in [4.69, 9.17) is 9.47 Å². The zero-order chi connectivity index (χ0) is 11.8. The number of rotatable bonds is 6. The molecule has 1 rings (SSSR count). The first-order valence-corrected chi connectivity index (χ1v) is 5.98. The van der Waals surface area contributed by atoms with Gasteiger partial charge in [-0.3, -0.25) is 0 Å². The van der Waals surface area contributed by atoms with Crippen molar-refractivity contribution in [3.8, 4) is 0 Å². The molecule has 16 heavy (non-hydrogen) atoms. The second-order valence-electron chi connectivity index (χ2n) is 3.79. The molecule has 1 fully saturated rings. The van der Waals surface area contributed by atoms with Crippen LogP contribution in [0.5, 0.6) is 0 Å². The SMILES string of the molecule is CCOCCN(CC)C(=O)NC1CCOC1. The molecular weight excluding hydrogens is 208 g/mol. The van der Waals surface area contributed by atoms with Gasteiger partial charge < -0.3 is 19.7 Å². The van der Waals surface area contributed by atoms with E-state index in [1.54, 1.807) is 4.90 Å². The van der Waals surface area contributed by atoms with Crippen molar-refractivity contribution in [1.29, 1.82) is 0 Å². The molecule has 5 heteroatoms. The third kappa shape index (κ3) is 4.37. The summed E-state index contributed by atoms with van der Waals surface area (Å²) >= 11 is 0. The van der Waals surface area contributed by atoms with Gasteiger partial charge >= 0.3 is 6.03 Å². The predicted octanol–water partition coefficient (Wildman–Crippen LogP) is 0.843. The van der Waals surface area contributed by atoms with Crippen LogP contribution in [-0.2, 0) is 9.47 Å². The highest BCUT2D eigenvalue weighted by Crippen LogP contribution is 2.04. The minimum Gasteiger partial charge on any atom is -0.380 e. The molecule has 1 saturated heterocycles. The number of nitrogens with zero attached hydrogens (tertiary/aromatic N) is 1. The van der Waals surface area contributed by atoms with Crippen LogP contribution in [0.3, 0.4) is 0 Å². The number of hydrogen-bond acceptors (Lipinski definition) is 3. The molecule has 0 bridgehead atoms. The molecule has 0 saturated carbocycles. The van der Waals surface area contributed by atoms with Gasteiger partial charge in [0, 0.05) is 26.3 Å². The molecule has 1 aliphatic rings. The molecule has 0 aromatic rings. The second kappa shape index (κ2) is 7.46. The van der Waals surface area contributed by atoms with Gasteiger partial charge in [0.2, 0.25) is 0 Å². The van der Waals surface area contributed by atoms with Crippen molar-refractivity contribution in [2.45, 2.75) is 26.3 Å². The van der Waals surface area contributed by atoms with E-state index in [0.717, 1.165) is 13.0 Å². The lowest BCUT2D eigenvalue weighted by Gasteiger charge is -2.23. The summed E-state index contributed by atoms with van der Waals surface area (Å²) in [6.45, 7) is 7.93. The van der Waals surface area contributed by atoms with E-state index in [0.29, 0.717) is 32.9 Å². The van der Waals surface area contributed by atoms with Gasteiger partial charge in [0.15, 0.2) is 0 Å². The minimum atomic E-state index is -0.0160. The summed E-state index contributed by atoms with van der Waals surface area (Å²) in [4.78, 5) is 13.6. The van der Waals surface area contributed by atoms with E-state index in [1.165, 1.54) is 0 Å². The van der Waals surface area contributed by atoms with Crippen LogP contribution in [0.4, 0.5) is 4.79 Å². The van der Waals surface area contributed by atoms with Gasteiger partial charge in [-0.2, -0.15) is 0 Å². The standard InChI is InChI=1S/C11H22N2O3/c1-3-13(6-8-15-4-2)11(14)12-10-5-7-16-9-10/h10H,3-9H2,1-2H3,(H,12,14). The molecule has 0 spiro atoms. The summed E-state index contributed by atoms with van der Waals surface area (Å²) < 4.78 is 10.5. The molecule has 1 atom stereocenters. The van der Waals surface area contributed by atoms with Crippen molar-refractivity contribution in [2.24, 2.45) is 0 Å². The van der Waals surface area contributed by atoms with Gasteiger partial charge in [-0.05, 0) is 20.3 Å². The number of nitrogens with one attached hydrogen (secondary N) is 1. The quantitative estimate of drug-likeness (QED) is 0.688. The van der Waals surface area contributed by atoms with Gasteiger partial charge in [0.25, 0.3) is 0 Å². The van der Waals surface area contributed by atoms with Crippen molar-refractivity contribution in [3.63, 3.8) is 0 Å². The second-order valence-corrected chi connectivity index (χ2v) is 3.79. The van der Waals surface area contributed by atoms with E-state index >= 15 is 0 Å². The molecule has 2 amide bonds. The summed E-state index contributed by atoms with van der Waals surface area (Å²) in [6, 6.07) is 0.159. The molecule has 5 nitrogen and oxygen atoms in total. The zero-order valence-corrected chi connectivity index (χ0v) is 10.2. The van der Waals surface area contributed by atoms with E-state index in [2.05, 4.69) is 5.32 Å². The van der Waals surface area contributed by atoms with Crippen LogP contribution in [-0.4, -0.2) is 56.5 Å². The van der Waals surface area contributed by atoms with E-state index in [1.807, 2.05) is 13.8 Å². The maximum absolute atomic E-state index is 11.8. The molecule has 0 aromatic heterocycles. The highest BCUT2D eigenvalue weighted by atomic mass is 16.5. The maximum Gasteiger partial charge on any atom is 0.317 e. The first-order valence-electron chi connectivity index (χ1n) is 5.98. The van der Waals surface area contributed by atoms with E-state index in [-0.39, 0.29) is 12.1 Å². The lowest BCUT2D eigenvalue weighted by molar-refractivity contribution is 0.119. The molecule has 1 heterocycles. The van der Waals surface area contributed by atoms with E-state index in [9.17, 15) is 4.79 Å². The van der Waals surface area contributed by atoms with Gasteiger partial charge in [-0.15, -0.1) is 0 Å². The summed E-state index contributed by atoms with van der Waals surface area (Å²) in [7, 11) is 0. The Morgan fingerprint density at radius 2 is 2.38 bits per heavy atom. The van der Waals surface area contributed by atoms with Crippen LogP contribution in [0.1, 0.15) is 20.3 Å². The Labute approximate surface area is 97.1 Å². The van der Waals surface area contributed by atoms with Crippen molar-refractivity contribution in [1.82, 2.24) is 10.2 Å². The predicted molar refractivity (Wildman–Crippen MR) is 61.5 cm³/mol. The Morgan fingerprint density at radius 3 is 2.94 bits per heavy atom. The molecular formula is C11H22N2O3. The fourth-order valence-electron chi connectivity index (χ4n) is 1.64. The Morgan fingerprint density at radius 1 is 1.56 bits per heavy atom. The third-order valence-corrected chi connectivity index (χ3v) is 2.64. The van der Waals surface area contributed by atoms with Gasteiger partial charge in [0.05, 0.1) is 19.3 Å². The molecule has 1 N–H and O–H groups in total. The smallest absolute Gasteiger partial charge is 0.317 e. The molecule has 0 radical (unpaired) electrons. The zero-order valence-electron chi connectivity index (χ0n) is 10.2. The number of ether oxygens (including phenoxy) is 2. The first kappa shape index (κ1) is 13.3. The number of carbonyl (C=O) groups is 1. The van der Waals surface area contributed by atoms with Crippen LogP contribution < -0.4 is 5.32 Å². The highest BCUT2D eigenvalue weighted by Gasteiger charge is 2.20. The minimum absolute atomic E-state index is 0.0160. The summed E-state index contributed by atoms with van der Waals surface area (Å²) in [5, 5.41) is 2.96. The van der Waals surface area contributed by atoms with E-state index < -0.39 is 0 Å². The Bertz CT molecular complexity index is 205. The Kier molecular flexibility index (Phi) is 6.18. The fourth-order valence-corrected chi connectivity index (χ4v) is 1.64. The van der Waals surface area contributed by atoms with Crippen molar-refractivity contribution >= 4 is 6.03 Å². The third-order valence-electron chi connectivity index (χ3n) is 2.64. The fraction of sp³-hybridized carbons (Fsp3) is 0.909. The van der Waals surface area contributed by atoms with Crippen LogP contribution in [0.2, 0.25) is 0 Å². The van der Waals surface area contributed by atoms with Crippen molar-refractivity contribution in [2.75, 3.05) is 39.5 Å². The van der Waals surface area contributed by atoms with Crippen LogP contribution in [0, 0.1) is 0 Å². The molecule has 1 aliphatic heterocycles. The number of urea groups is 1. The largest absolute Gasteiger partial charge is 0.380 e. The number of amides is 2. The van der Waals surface area contributed by atoms with Gasteiger partial charge in [-0.1, -0.05) is 0 Å². The topological polar surface area (TPSA) is 50.8 Å². The Balaban J connectivity index is 2.24.